The predicted molar refractivity (Wildman–Crippen MR) is 95.5 cm³/mol. The number of benzene rings is 1. The number of hydrogen-bond acceptors (Lipinski definition) is 5. The van der Waals surface area contributed by atoms with Crippen LogP contribution in [0.25, 0.3) is 0 Å². The summed E-state index contributed by atoms with van der Waals surface area (Å²) < 4.78 is 5.19. The lowest BCUT2D eigenvalue weighted by Gasteiger charge is -2.27. The number of Topliss-reactive ketones (excluding diaryl/α,β-unsaturated/α-hetero) is 2. The fraction of sp³-hybridized carbons (Fsp3) is 0.143. The maximum atomic E-state index is 12.9. The van der Waals surface area contributed by atoms with Crippen LogP contribution in [0, 0.1) is 5.92 Å². The number of aromatic nitrogens is 1. The molecular formula is C21H16N2O4. The summed E-state index contributed by atoms with van der Waals surface area (Å²) in [6, 6.07) is 15.1. The number of hydrogen-bond donors (Lipinski definition) is 0. The van der Waals surface area contributed by atoms with E-state index in [4.69, 9.17) is 4.42 Å². The van der Waals surface area contributed by atoms with E-state index in [2.05, 4.69) is 4.98 Å². The summed E-state index contributed by atoms with van der Waals surface area (Å²) in [5, 5.41) is 0. The minimum Gasteiger partial charge on any atom is -0.461 e. The molecule has 27 heavy (non-hydrogen) atoms. The van der Waals surface area contributed by atoms with Crippen LogP contribution < -0.4 is 0 Å². The Morgan fingerprint density at radius 3 is 2.52 bits per heavy atom. The van der Waals surface area contributed by atoms with Gasteiger partial charge in [0.25, 0.3) is 5.91 Å². The Labute approximate surface area is 155 Å². The van der Waals surface area contributed by atoms with Gasteiger partial charge in [0.05, 0.1) is 12.3 Å². The van der Waals surface area contributed by atoms with Crippen molar-refractivity contribution in [3.63, 3.8) is 0 Å². The second kappa shape index (κ2) is 6.99. The molecule has 2 unspecified atom stereocenters. The maximum Gasteiger partial charge on any atom is 0.291 e. The molecule has 0 bridgehead atoms. The van der Waals surface area contributed by atoms with Crippen LogP contribution in [0.3, 0.4) is 0 Å². The molecule has 1 aromatic carbocycles. The zero-order chi connectivity index (χ0) is 18.8. The lowest BCUT2D eigenvalue weighted by Crippen LogP contribution is -2.30. The van der Waals surface area contributed by atoms with E-state index in [1.165, 1.54) is 17.2 Å². The van der Waals surface area contributed by atoms with Crippen LogP contribution in [-0.4, -0.2) is 27.4 Å². The molecule has 1 aliphatic rings. The first-order valence-electron chi connectivity index (χ1n) is 8.53. The molecule has 6 heteroatoms. The standard InChI is InChI=1S/C21H16N2O4/c24-19(16-9-5-11-27-16)17-18(15-7-2-1-3-8-15)23(21(26)20(17)25)13-14-6-4-10-22-12-14/h1-12,17-18H,13H2. The molecule has 1 saturated heterocycles. The van der Waals surface area contributed by atoms with Crippen LogP contribution in [0.2, 0.25) is 0 Å². The van der Waals surface area contributed by atoms with E-state index < -0.39 is 29.4 Å². The molecule has 0 N–H and O–H groups in total. The van der Waals surface area contributed by atoms with Crippen molar-refractivity contribution in [3.8, 4) is 0 Å². The van der Waals surface area contributed by atoms with Gasteiger partial charge in [-0.3, -0.25) is 19.4 Å². The zero-order valence-electron chi connectivity index (χ0n) is 14.3. The number of furan rings is 1. The van der Waals surface area contributed by atoms with Crippen LogP contribution >= 0.6 is 0 Å². The molecule has 4 rings (SSSR count). The Morgan fingerprint density at radius 2 is 1.85 bits per heavy atom. The van der Waals surface area contributed by atoms with E-state index in [1.54, 1.807) is 24.5 Å². The number of carbonyl (C=O) groups is 3. The van der Waals surface area contributed by atoms with Crippen molar-refractivity contribution in [1.29, 1.82) is 0 Å². The molecule has 0 radical (unpaired) electrons. The third-order valence-corrected chi connectivity index (χ3v) is 4.67. The lowest BCUT2D eigenvalue weighted by molar-refractivity contribution is -0.141. The summed E-state index contributed by atoms with van der Waals surface area (Å²) in [7, 11) is 0. The molecule has 1 amide bonds. The summed E-state index contributed by atoms with van der Waals surface area (Å²) in [4.78, 5) is 44.0. The van der Waals surface area contributed by atoms with E-state index in [0.717, 1.165) is 11.1 Å². The van der Waals surface area contributed by atoms with E-state index in [0.29, 0.717) is 0 Å². The Kier molecular flexibility index (Phi) is 4.38. The first-order valence-corrected chi connectivity index (χ1v) is 8.53. The fourth-order valence-electron chi connectivity index (χ4n) is 3.44. The molecule has 2 aromatic heterocycles. The molecule has 1 fully saturated rings. The van der Waals surface area contributed by atoms with Crippen molar-refractivity contribution < 1.29 is 18.8 Å². The topological polar surface area (TPSA) is 80.5 Å². The molecule has 0 spiro atoms. The highest BCUT2D eigenvalue weighted by atomic mass is 16.3. The van der Waals surface area contributed by atoms with Crippen LogP contribution in [0.15, 0.2) is 77.7 Å². The van der Waals surface area contributed by atoms with Crippen molar-refractivity contribution >= 4 is 17.5 Å². The molecule has 0 saturated carbocycles. The summed E-state index contributed by atoms with van der Waals surface area (Å²) in [5.74, 6) is -2.93. The van der Waals surface area contributed by atoms with Crippen molar-refractivity contribution in [3.05, 3.63) is 90.1 Å². The molecular weight excluding hydrogens is 344 g/mol. The third-order valence-electron chi connectivity index (χ3n) is 4.67. The average molecular weight is 360 g/mol. The fourth-order valence-corrected chi connectivity index (χ4v) is 3.44. The SMILES string of the molecule is O=C1C(=O)N(Cc2cccnc2)C(c2ccccc2)C1C(=O)c1ccco1. The van der Waals surface area contributed by atoms with Crippen LogP contribution in [0.1, 0.15) is 27.7 Å². The van der Waals surface area contributed by atoms with E-state index >= 15 is 0 Å². The Morgan fingerprint density at radius 1 is 1.04 bits per heavy atom. The van der Waals surface area contributed by atoms with E-state index in [9.17, 15) is 14.4 Å². The van der Waals surface area contributed by atoms with Crippen molar-refractivity contribution in [2.24, 2.45) is 5.92 Å². The second-order valence-electron chi connectivity index (χ2n) is 6.33. The van der Waals surface area contributed by atoms with Gasteiger partial charge in [0, 0.05) is 18.9 Å². The predicted octanol–water partition coefficient (Wildman–Crippen LogP) is 2.83. The van der Waals surface area contributed by atoms with Crippen molar-refractivity contribution in [2.45, 2.75) is 12.6 Å². The third kappa shape index (κ3) is 3.06. The van der Waals surface area contributed by atoms with Gasteiger partial charge in [-0.25, -0.2) is 0 Å². The van der Waals surface area contributed by atoms with Gasteiger partial charge in [0.1, 0.15) is 5.92 Å². The second-order valence-corrected chi connectivity index (χ2v) is 6.33. The molecule has 2 atom stereocenters. The van der Waals surface area contributed by atoms with Gasteiger partial charge >= 0.3 is 0 Å². The first-order chi connectivity index (χ1) is 13.2. The van der Waals surface area contributed by atoms with Gasteiger partial charge in [0.2, 0.25) is 11.6 Å². The number of ketones is 2. The molecule has 1 aliphatic heterocycles. The molecule has 3 aromatic rings. The molecule has 6 nitrogen and oxygen atoms in total. The summed E-state index contributed by atoms with van der Waals surface area (Å²) in [6.07, 6.45) is 4.65. The van der Waals surface area contributed by atoms with Gasteiger partial charge < -0.3 is 9.32 Å². The van der Waals surface area contributed by atoms with Gasteiger partial charge in [-0.15, -0.1) is 0 Å². The Bertz CT molecular complexity index is 968. The highest BCUT2D eigenvalue weighted by molar-refractivity contribution is 6.43. The molecule has 0 aliphatic carbocycles. The van der Waals surface area contributed by atoms with Gasteiger partial charge in [0.15, 0.2) is 5.76 Å². The Hall–Kier alpha value is -3.54. The monoisotopic (exact) mass is 360 g/mol. The minimum atomic E-state index is -1.14. The quantitative estimate of drug-likeness (QED) is 0.397. The van der Waals surface area contributed by atoms with E-state index in [1.807, 2.05) is 36.4 Å². The number of pyridine rings is 1. The molecule has 3 heterocycles. The highest BCUT2D eigenvalue weighted by Gasteiger charge is 2.52. The van der Waals surface area contributed by atoms with Crippen molar-refractivity contribution in [1.82, 2.24) is 9.88 Å². The average Bonchev–Trinajstić information content (AvgIpc) is 3.32. The largest absolute Gasteiger partial charge is 0.461 e. The summed E-state index contributed by atoms with van der Waals surface area (Å²) >= 11 is 0. The molecule has 134 valence electrons. The minimum absolute atomic E-state index is 0.0744. The van der Waals surface area contributed by atoms with Gasteiger partial charge in [-0.2, -0.15) is 0 Å². The number of carbonyl (C=O) groups excluding carboxylic acids is 3. The van der Waals surface area contributed by atoms with Crippen molar-refractivity contribution in [2.75, 3.05) is 0 Å². The Balaban J connectivity index is 1.77. The number of nitrogens with zero attached hydrogens (tertiary/aromatic N) is 2. The highest BCUT2D eigenvalue weighted by Crippen LogP contribution is 2.39. The van der Waals surface area contributed by atoms with Crippen LogP contribution in [0.4, 0.5) is 0 Å². The number of rotatable bonds is 5. The lowest BCUT2D eigenvalue weighted by atomic mass is 9.88. The van der Waals surface area contributed by atoms with Gasteiger partial charge in [-0.1, -0.05) is 36.4 Å². The zero-order valence-corrected chi connectivity index (χ0v) is 14.3. The normalized spacial score (nSPS) is 19.5. The maximum absolute atomic E-state index is 12.9. The number of likely N-dealkylation sites (tertiary alicyclic amines) is 1. The summed E-state index contributed by atoms with van der Waals surface area (Å²) in [6.45, 7) is 0.194. The van der Waals surface area contributed by atoms with E-state index in [-0.39, 0.29) is 12.3 Å². The van der Waals surface area contributed by atoms with Crippen LogP contribution in [0.5, 0.6) is 0 Å². The van der Waals surface area contributed by atoms with Crippen LogP contribution in [-0.2, 0) is 16.1 Å². The smallest absolute Gasteiger partial charge is 0.291 e. The van der Waals surface area contributed by atoms with Gasteiger partial charge in [-0.05, 0) is 29.3 Å². The summed E-state index contributed by atoms with van der Waals surface area (Å²) in [5.41, 5.74) is 1.51. The first kappa shape index (κ1) is 16.9. The number of amides is 1.